The van der Waals surface area contributed by atoms with Gasteiger partial charge in [-0.05, 0) is 43.4 Å². The molecule has 0 spiro atoms. The molecule has 1 heterocycles. The summed E-state index contributed by atoms with van der Waals surface area (Å²) < 4.78 is 1.10. The number of rotatable bonds is 2. The van der Waals surface area contributed by atoms with Gasteiger partial charge in [-0.25, -0.2) is 0 Å². The van der Waals surface area contributed by atoms with E-state index in [4.69, 9.17) is 18.0 Å². The normalized spacial score (nSPS) is 26.3. The van der Waals surface area contributed by atoms with Crippen LogP contribution in [0.25, 0.3) is 0 Å². The Labute approximate surface area is 128 Å². The summed E-state index contributed by atoms with van der Waals surface area (Å²) in [5.41, 5.74) is 8.13. The maximum atomic E-state index is 5.89. The molecule has 3 rings (SSSR count). The molecule has 1 aromatic carbocycles. The van der Waals surface area contributed by atoms with Crippen LogP contribution in [0, 0.1) is 5.92 Å². The first-order valence-electron chi connectivity index (χ1n) is 7.03. The molecule has 1 aliphatic heterocycles. The molecule has 2 N–H and O–H groups in total. The maximum absolute atomic E-state index is 5.89. The number of halogens is 1. The highest BCUT2D eigenvalue weighted by Crippen LogP contribution is 2.40. The second-order valence-electron chi connectivity index (χ2n) is 5.62. The fourth-order valence-corrected chi connectivity index (χ4v) is 4.18. The summed E-state index contributed by atoms with van der Waals surface area (Å²) in [6.07, 6.45) is 6.77. The van der Waals surface area contributed by atoms with Gasteiger partial charge in [-0.1, -0.05) is 41.0 Å². The summed E-state index contributed by atoms with van der Waals surface area (Å²) in [5.74, 6) is 0.868. The molecule has 2 unspecified atom stereocenters. The number of fused-ring (bicyclic) bond motifs is 1. The molecule has 0 aromatic heterocycles. The van der Waals surface area contributed by atoms with E-state index in [1.165, 1.54) is 37.8 Å². The minimum atomic E-state index is 0.502. The smallest absolute Gasteiger partial charge is 0.106 e. The van der Waals surface area contributed by atoms with Crippen molar-refractivity contribution in [1.29, 1.82) is 0 Å². The van der Waals surface area contributed by atoms with E-state index in [1.54, 1.807) is 0 Å². The minimum Gasteiger partial charge on any atom is -0.389 e. The largest absolute Gasteiger partial charge is 0.389 e. The van der Waals surface area contributed by atoms with Crippen LogP contribution in [0.5, 0.6) is 0 Å². The quantitative estimate of drug-likeness (QED) is 0.830. The Bertz CT molecular complexity index is 503. The van der Waals surface area contributed by atoms with Gasteiger partial charge in [0.2, 0.25) is 0 Å². The van der Waals surface area contributed by atoms with Crippen LogP contribution in [-0.4, -0.2) is 17.6 Å². The number of thiocarbonyl (C=S) groups is 1. The van der Waals surface area contributed by atoms with E-state index >= 15 is 0 Å². The lowest BCUT2D eigenvalue weighted by atomic mass is 9.85. The summed E-state index contributed by atoms with van der Waals surface area (Å²) in [6.45, 7) is 1.14. The van der Waals surface area contributed by atoms with Gasteiger partial charge in [0.25, 0.3) is 0 Å². The van der Waals surface area contributed by atoms with Gasteiger partial charge in [0, 0.05) is 28.3 Å². The van der Waals surface area contributed by atoms with Crippen LogP contribution in [0.1, 0.15) is 37.7 Å². The topological polar surface area (TPSA) is 29.3 Å². The van der Waals surface area contributed by atoms with E-state index in [2.05, 4.69) is 26.9 Å². The first kappa shape index (κ1) is 13.4. The highest BCUT2D eigenvalue weighted by molar-refractivity contribution is 9.10. The van der Waals surface area contributed by atoms with Gasteiger partial charge in [-0.15, -0.1) is 0 Å². The molecule has 1 saturated carbocycles. The lowest BCUT2D eigenvalue weighted by molar-refractivity contribution is 0.342. The number of anilines is 1. The monoisotopic (exact) mass is 338 g/mol. The first-order valence-corrected chi connectivity index (χ1v) is 8.23. The van der Waals surface area contributed by atoms with Gasteiger partial charge in [-0.3, -0.25) is 0 Å². The van der Waals surface area contributed by atoms with E-state index in [0.29, 0.717) is 11.0 Å². The Balaban J connectivity index is 1.97. The van der Waals surface area contributed by atoms with Crippen LogP contribution in [0.15, 0.2) is 22.7 Å². The van der Waals surface area contributed by atoms with Crippen LogP contribution in [0.4, 0.5) is 5.69 Å². The maximum Gasteiger partial charge on any atom is 0.106 e. The predicted molar refractivity (Wildman–Crippen MR) is 87.7 cm³/mol. The van der Waals surface area contributed by atoms with Gasteiger partial charge < -0.3 is 10.6 Å². The van der Waals surface area contributed by atoms with E-state index < -0.39 is 0 Å². The van der Waals surface area contributed by atoms with E-state index in [1.807, 2.05) is 12.1 Å². The molecule has 4 heteroatoms. The van der Waals surface area contributed by atoms with Crippen LogP contribution >= 0.6 is 28.1 Å². The molecule has 2 aliphatic rings. The number of hydrogen-bond donors (Lipinski definition) is 1. The number of benzene rings is 1. The minimum absolute atomic E-state index is 0.502. The average Bonchev–Trinajstić information content (AvgIpc) is 2.82. The highest BCUT2D eigenvalue weighted by atomic mass is 79.9. The van der Waals surface area contributed by atoms with E-state index in [-0.39, 0.29) is 0 Å². The fourth-order valence-electron chi connectivity index (χ4n) is 3.66. The number of hydrogen-bond acceptors (Lipinski definition) is 2. The second-order valence-corrected chi connectivity index (χ2v) is 6.98. The van der Waals surface area contributed by atoms with Crippen LogP contribution in [0.3, 0.4) is 0 Å². The molecule has 102 valence electrons. The van der Waals surface area contributed by atoms with Gasteiger partial charge in [0.05, 0.1) is 0 Å². The van der Waals surface area contributed by atoms with Crippen molar-refractivity contribution in [1.82, 2.24) is 0 Å². The van der Waals surface area contributed by atoms with Crippen LogP contribution in [0.2, 0.25) is 0 Å². The summed E-state index contributed by atoms with van der Waals surface area (Å²) >= 11 is 8.78. The molecule has 0 bridgehead atoms. The SMILES string of the molecule is NC(=S)c1ccc(Br)cc1N1CCC2CCCCC21. The third kappa shape index (κ3) is 2.52. The zero-order chi connectivity index (χ0) is 13.4. The van der Waals surface area contributed by atoms with Crippen molar-refractivity contribution in [2.45, 2.75) is 38.1 Å². The third-order valence-electron chi connectivity index (χ3n) is 4.54. The molecule has 1 saturated heterocycles. The zero-order valence-corrected chi connectivity index (χ0v) is 13.3. The van der Waals surface area contributed by atoms with Gasteiger partial charge in [0.15, 0.2) is 0 Å². The molecule has 1 aliphatic carbocycles. The third-order valence-corrected chi connectivity index (χ3v) is 5.26. The fraction of sp³-hybridized carbons (Fsp3) is 0.533. The average molecular weight is 339 g/mol. The van der Waals surface area contributed by atoms with Gasteiger partial charge >= 0.3 is 0 Å². The molecule has 19 heavy (non-hydrogen) atoms. The zero-order valence-electron chi connectivity index (χ0n) is 10.9. The summed E-state index contributed by atoms with van der Waals surface area (Å²) in [5, 5.41) is 0. The molecular formula is C15H19BrN2S. The van der Waals surface area contributed by atoms with Crippen molar-refractivity contribution in [3.63, 3.8) is 0 Å². The summed E-state index contributed by atoms with van der Waals surface area (Å²) in [6, 6.07) is 6.92. The van der Waals surface area contributed by atoms with Crippen molar-refractivity contribution < 1.29 is 0 Å². The van der Waals surface area contributed by atoms with Crippen molar-refractivity contribution in [2.75, 3.05) is 11.4 Å². The Morgan fingerprint density at radius 3 is 2.84 bits per heavy atom. The van der Waals surface area contributed by atoms with E-state index in [0.717, 1.165) is 22.5 Å². The number of nitrogens with two attached hydrogens (primary N) is 1. The Hall–Kier alpha value is -0.610. The number of nitrogens with zero attached hydrogens (tertiary/aromatic N) is 1. The van der Waals surface area contributed by atoms with Crippen molar-refractivity contribution in [3.8, 4) is 0 Å². The Morgan fingerprint density at radius 2 is 2.05 bits per heavy atom. The highest BCUT2D eigenvalue weighted by Gasteiger charge is 2.36. The summed E-state index contributed by atoms with van der Waals surface area (Å²) in [4.78, 5) is 3.05. The molecular weight excluding hydrogens is 320 g/mol. The second kappa shape index (κ2) is 5.41. The van der Waals surface area contributed by atoms with Crippen molar-refractivity contribution >= 4 is 38.8 Å². The molecule has 2 fully saturated rings. The van der Waals surface area contributed by atoms with Crippen molar-refractivity contribution in [3.05, 3.63) is 28.2 Å². The van der Waals surface area contributed by atoms with Crippen LogP contribution < -0.4 is 10.6 Å². The molecule has 0 amide bonds. The lowest BCUT2D eigenvalue weighted by Crippen LogP contribution is -2.36. The van der Waals surface area contributed by atoms with Gasteiger partial charge in [0.1, 0.15) is 4.99 Å². The lowest BCUT2D eigenvalue weighted by Gasteiger charge is -2.34. The molecule has 2 atom stereocenters. The Morgan fingerprint density at radius 1 is 1.26 bits per heavy atom. The van der Waals surface area contributed by atoms with Crippen LogP contribution in [-0.2, 0) is 0 Å². The molecule has 1 aromatic rings. The Kier molecular flexibility index (Phi) is 3.81. The first-order chi connectivity index (χ1) is 9.16. The summed E-state index contributed by atoms with van der Waals surface area (Å²) in [7, 11) is 0. The molecule has 2 nitrogen and oxygen atoms in total. The van der Waals surface area contributed by atoms with Gasteiger partial charge in [-0.2, -0.15) is 0 Å². The van der Waals surface area contributed by atoms with Crippen molar-refractivity contribution in [2.24, 2.45) is 11.7 Å². The predicted octanol–water partition coefficient (Wildman–Crippen LogP) is 3.85. The standard InChI is InChI=1S/C15H19BrN2S/c16-11-5-6-12(15(17)19)14(9-11)18-8-7-10-3-1-2-4-13(10)18/h5-6,9-10,13H,1-4,7-8H2,(H2,17,19). The molecule has 0 radical (unpaired) electrons. The van der Waals surface area contributed by atoms with E-state index in [9.17, 15) is 0 Å².